The highest BCUT2D eigenvalue weighted by atomic mass is 32.1. The largest absolute Gasteiger partial charge is 0.300 e. The van der Waals surface area contributed by atoms with E-state index in [4.69, 9.17) is 0 Å². The molecule has 0 bridgehead atoms. The van der Waals surface area contributed by atoms with Crippen LogP contribution in [0.2, 0.25) is 0 Å². The molecule has 0 radical (unpaired) electrons. The van der Waals surface area contributed by atoms with E-state index in [1.54, 1.807) is 35.6 Å². The van der Waals surface area contributed by atoms with Crippen molar-refractivity contribution in [3.63, 3.8) is 0 Å². The topological polar surface area (TPSA) is 79.4 Å². The maximum atomic E-state index is 12.5. The molecular formula is C18H13N3O3S2. The van der Waals surface area contributed by atoms with Gasteiger partial charge in [-0.05, 0) is 30.5 Å². The molecule has 1 N–H and O–H groups in total. The summed E-state index contributed by atoms with van der Waals surface area (Å²) in [5.74, 6) is -1.36. The summed E-state index contributed by atoms with van der Waals surface area (Å²) in [6, 6.07) is 9.52. The van der Waals surface area contributed by atoms with Crippen molar-refractivity contribution in [2.24, 2.45) is 0 Å². The van der Waals surface area contributed by atoms with Crippen molar-refractivity contribution in [3.8, 4) is 10.6 Å². The Labute approximate surface area is 157 Å². The number of hydrogen-bond acceptors (Lipinski definition) is 6. The zero-order valence-electron chi connectivity index (χ0n) is 13.6. The van der Waals surface area contributed by atoms with Gasteiger partial charge in [0, 0.05) is 5.38 Å². The van der Waals surface area contributed by atoms with E-state index in [1.807, 2.05) is 22.9 Å². The van der Waals surface area contributed by atoms with E-state index in [2.05, 4.69) is 10.3 Å². The molecule has 0 spiro atoms. The SMILES string of the molecule is CC(C(=O)Nc1nc(-c2cccs2)cs1)N1C(=O)c2ccccc2C1=O. The van der Waals surface area contributed by atoms with Crippen LogP contribution in [0.4, 0.5) is 5.13 Å². The Hall–Kier alpha value is -2.84. The molecule has 26 heavy (non-hydrogen) atoms. The van der Waals surface area contributed by atoms with Gasteiger partial charge >= 0.3 is 0 Å². The lowest BCUT2D eigenvalue weighted by Crippen LogP contribution is -2.45. The molecule has 1 aliphatic rings. The molecule has 2 aromatic heterocycles. The highest BCUT2D eigenvalue weighted by molar-refractivity contribution is 7.16. The van der Waals surface area contributed by atoms with Crippen LogP contribution < -0.4 is 5.32 Å². The minimum Gasteiger partial charge on any atom is -0.300 e. The quantitative estimate of drug-likeness (QED) is 0.700. The molecule has 1 unspecified atom stereocenters. The van der Waals surface area contributed by atoms with Gasteiger partial charge in [-0.1, -0.05) is 18.2 Å². The number of nitrogens with zero attached hydrogens (tertiary/aromatic N) is 2. The highest BCUT2D eigenvalue weighted by Gasteiger charge is 2.40. The maximum Gasteiger partial charge on any atom is 0.262 e. The molecule has 1 aromatic carbocycles. The predicted octanol–water partition coefficient (Wildman–Crippen LogP) is 3.49. The molecule has 8 heteroatoms. The molecule has 4 rings (SSSR count). The van der Waals surface area contributed by atoms with E-state index in [9.17, 15) is 14.4 Å². The summed E-state index contributed by atoms with van der Waals surface area (Å²) in [6.45, 7) is 1.53. The van der Waals surface area contributed by atoms with Crippen LogP contribution in [0, 0.1) is 0 Å². The average Bonchev–Trinajstić information content (AvgIpc) is 3.36. The highest BCUT2D eigenvalue weighted by Crippen LogP contribution is 2.29. The van der Waals surface area contributed by atoms with E-state index in [-0.39, 0.29) is 0 Å². The summed E-state index contributed by atoms with van der Waals surface area (Å²) >= 11 is 2.86. The molecule has 1 aliphatic heterocycles. The number of carbonyl (C=O) groups is 3. The van der Waals surface area contributed by atoms with Gasteiger partial charge in [-0.25, -0.2) is 4.98 Å². The fraction of sp³-hybridized carbons (Fsp3) is 0.111. The molecule has 0 saturated carbocycles. The number of nitrogens with one attached hydrogen (secondary N) is 1. The second-order valence-corrected chi connectivity index (χ2v) is 7.51. The van der Waals surface area contributed by atoms with Crippen LogP contribution in [0.1, 0.15) is 27.6 Å². The van der Waals surface area contributed by atoms with Crippen molar-refractivity contribution in [1.82, 2.24) is 9.88 Å². The Bertz CT molecular complexity index is 975. The molecule has 3 amide bonds. The van der Waals surface area contributed by atoms with Crippen molar-refractivity contribution in [1.29, 1.82) is 0 Å². The van der Waals surface area contributed by atoms with Crippen LogP contribution in [0.15, 0.2) is 47.2 Å². The van der Waals surface area contributed by atoms with Crippen molar-refractivity contribution >= 4 is 45.5 Å². The number of fused-ring (bicyclic) bond motifs is 1. The van der Waals surface area contributed by atoms with Crippen molar-refractivity contribution in [3.05, 3.63) is 58.3 Å². The maximum absolute atomic E-state index is 12.5. The van der Waals surface area contributed by atoms with E-state index < -0.39 is 23.8 Å². The summed E-state index contributed by atoms with van der Waals surface area (Å²) in [5, 5.41) is 6.94. The van der Waals surface area contributed by atoms with Gasteiger partial charge in [-0.3, -0.25) is 19.3 Å². The van der Waals surface area contributed by atoms with Gasteiger partial charge in [-0.2, -0.15) is 0 Å². The Kier molecular flexibility index (Phi) is 4.14. The monoisotopic (exact) mass is 383 g/mol. The van der Waals surface area contributed by atoms with Gasteiger partial charge < -0.3 is 5.32 Å². The number of carbonyl (C=O) groups excluding carboxylic acids is 3. The molecule has 130 valence electrons. The molecule has 6 nitrogen and oxygen atoms in total. The molecule has 0 fully saturated rings. The summed E-state index contributed by atoms with van der Waals surface area (Å²) in [4.78, 5) is 43.9. The van der Waals surface area contributed by atoms with E-state index in [0.717, 1.165) is 15.5 Å². The molecular weight excluding hydrogens is 370 g/mol. The number of thiazole rings is 1. The molecule has 3 heterocycles. The van der Waals surface area contributed by atoms with Crippen molar-refractivity contribution in [2.75, 3.05) is 5.32 Å². The Balaban J connectivity index is 1.51. The van der Waals surface area contributed by atoms with Gasteiger partial charge in [0.25, 0.3) is 11.8 Å². The van der Waals surface area contributed by atoms with Crippen LogP contribution in [0.5, 0.6) is 0 Å². The number of benzene rings is 1. The van der Waals surface area contributed by atoms with Crippen LogP contribution in [0.3, 0.4) is 0 Å². The van der Waals surface area contributed by atoms with Gasteiger partial charge in [0.05, 0.1) is 21.7 Å². The zero-order valence-corrected chi connectivity index (χ0v) is 15.3. The smallest absolute Gasteiger partial charge is 0.262 e. The fourth-order valence-corrected chi connectivity index (χ4v) is 4.23. The van der Waals surface area contributed by atoms with Crippen LogP contribution in [0.25, 0.3) is 10.6 Å². The summed E-state index contributed by atoms with van der Waals surface area (Å²) < 4.78 is 0. The Morgan fingerprint density at radius 1 is 1.08 bits per heavy atom. The van der Waals surface area contributed by atoms with E-state index in [0.29, 0.717) is 16.3 Å². The van der Waals surface area contributed by atoms with Crippen LogP contribution >= 0.6 is 22.7 Å². The lowest BCUT2D eigenvalue weighted by Gasteiger charge is -2.21. The number of imide groups is 1. The van der Waals surface area contributed by atoms with E-state index in [1.165, 1.54) is 18.3 Å². The number of thiophene rings is 1. The van der Waals surface area contributed by atoms with Crippen LogP contribution in [-0.4, -0.2) is 33.6 Å². The number of aromatic nitrogens is 1. The van der Waals surface area contributed by atoms with Crippen LogP contribution in [-0.2, 0) is 4.79 Å². The summed E-state index contributed by atoms with van der Waals surface area (Å²) in [7, 11) is 0. The predicted molar refractivity (Wildman–Crippen MR) is 100 cm³/mol. The first kappa shape index (κ1) is 16.6. The first-order valence-electron chi connectivity index (χ1n) is 7.83. The zero-order chi connectivity index (χ0) is 18.3. The average molecular weight is 383 g/mol. The number of anilines is 1. The first-order chi connectivity index (χ1) is 12.6. The molecule has 0 saturated heterocycles. The number of amides is 3. The summed E-state index contributed by atoms with van der Waals surface area (Å²) in [6.07, 6.45) is 0. The fourth-order valence-electron chi connectivity index (χ4n) is 2.76. The minimum absolute atomic E-state index is 0.325. The molecule has 3 aromatic rings. The molecule has 0 aliphatic carbocycles. The third kappa shape index (κ3) is 2.73. The van der Waals surface area contributed by atoms with Gasteiger partial charge in [-0.15, -0.1) is 22.7 Å². The Morgan fingerprint density at radius 2 is 1.77 bits per heavy atom. The second kappa shape index (κ2) is 6.47. The first-order valence-corrected chi connectivity index (χ1v) is 9.59. The van der Waals surface area contributed by atoms with E-state index >= 15 is 0 Å². The normalized spacial score (nSPS) is 14.4. The standard InChI is InChI=1S/C18H13N3O3S2/c1-10(21-16(23)11-5-2-3-6-12(11)17(21)24)15(22)20-18-19-13(9-26-18)14-7-4-8-25-14/h2-10H,1H3,(H,19,20,22). The van der Waals surface area contributed by atoms with Gasteiger partial charge in [0.15, 0.2) is 5.13 Å². The lowest BCUT2D eigenvalue weighted by atomic mass is 10.1. The van der Waals surface area contributed by atoms with Crippen molar-refractivity contribution < 1.29 is 14.4 Å². The third-order valence-electron chi connectivity index (χ3n) is 4.10. The molecule has 1 atom stereocenters. The van der Waals surface area contributed by atoms with Gasteiger partial charge in [0.1, 0.15) is 6.04 Å². The Morgan fingerprint density at radius 3 is 2.38 bits per heavy atom. The lowest BCUT2D eigenvalue weighted by molar-refractivity contribution is -0.119. The third-order valence-corrected chi connectivity index (χ3v) is 5.75. The summed E-state index contributed by atoms with van der Waals surface area (Å²) in [5.41, 5.74) is 1.44. The van der Waals surface area contributed by atoms with Crippen molar-refractivity contribution in [2.45, 2.75) is 13.0 Å². The number of rotatable bonds is 4. The van der Waals surface area contributed by atoms with Gasteiger partial charge in [0.2, 0.25) is 5.91 Å². The second-order valence-electron chi connectivity index (χ2n) is 5.71. The minimum atomic E-state index is -0.934. The number of hydrogen-bond donors (Lipinski definition) is 1.